The molecule has 0 atom stereocenters. The topological polar surface area (TPSA) is 30.8 Å². The summed E-state index contributed by atoms with van der Waals surface area (Å²) in [6, 6.07) is 8.58. The fraction of sp³-hybridized carbons (Fsp3) is 0.312. The van der Waals surface area contributed by atoms with Crippen LogP contribution in [0.3, 0.4) is 0 Å². The molecule has 0 unspecified atom stereocenters. The minimum atomic E-state index is 0. The van der Waals surface area contributed by atoms with Gasteiger partial charge in [0.2, 0.25) is 6.79 Å². The first-order valence-electron chi connectivity index (χ1n) is 6.81. The van der Waals surface area contributed by atoms with Crippen molar-refractivity contribution in [2.75, 3.05) is 13.3 Å². The first-order valence-corrected chi connectivity index (χ1v) is 7.63. The van der Waals surface area contributed by atoms with E-state index >= 15 is 0 Å². The van der Waals surface area contributed by atoms with Crippen LogP contribution in [0.1, 0.15) is 20.9 Å². The molecule has 2 aliphatic heterocycles. The van der Waals surface area contributed by atoms with Crippen LogP contribution in [0.2, 0.25) is 0 Å². The van der Waals surface area contributed by atoms with Gasteiger partial charge in [-0.05, 0) is 43.2 Å². The molecule has 21 heavy (non-hydrogen) atoms. The molecule has 0 amide bonds. The highest BCUT2D eigenvalue weighted by Crippen LogP contribution is 2.36. The van der Waals surface area contributed by atoms with Crippen LogP contribution in [0.4, 0.5) is 0 Å². The molecule has 1 aromatic heterocycles. The molecule has 4 rings (SSSR count). The molecule has 0 radical (unpaired) electrons. The first kappa shape index (κ1) is 14.4. The van der Waals surface area contributed by atoms with Crippen molar-refractivity contribution in [3.8, 4) is 11.5 Å². The summed E-state index contributed by atoms with van der Waals surface area (Å²) in [5.74, 6) is 1.72. The van der Waals surface area contributed by atoms with Crippen LogP contribution in [0.15, 0.2) is 29.3 Å². The highest BCUT2D eigenvalue weighted by atomic mass is 35.5. The number of hydrogen-bond acceptors (Lipinski definition) is 4. The maximum absolute atomic E-state index is 5.49. The Bertz CT molecular complexity index is 708. The summed E-state index contributed by atoms with van der Waals surface area (Å²) in [6.07, 6.45) is 1.89. The van der Waals surface area contributed by atoms with Gasteiger partial charge in [0, 0.05) is 34.0 Å². The molecule has 0 spiro atoms. The summed E-state index contributed by atoms with van der Waals surface area (Å²) in [7, 11) is 0. The van der Waals surface area contributed by atoms with Gasteiger partial charge in [0.25, 0.3) is 0 Å². The van der Waals surface area contributed by atoms with Gasteiger partial charge in [-0.1, -0.05) is 0 Å². The SMILES string of the molecule is Cc1ccc(CC2=NCCc3cc4c(cc32)OCO4)s1.Cl. The lowest BCUT2D eigenvalue weighted by Gasteiger charge is -2.17. The highest BCUT2D eigenvalue weighted by Gasteiger charge is 2.22. The molecule has 110 valence electrons. The first-order chi connectivity index (χ1) is 9.79. The third-order valence-corrected chi connectivity index (χ3v) is 4.73. The Labute approximate surface area is 134 Å². The Kier molecular flexibility index (Phi) is 3.91. The maximum Gasteiger partial charge on any atom is 0.231 e. The molecule has 5 heteroatoms. The molecular weight excluding hydrogens is 306 g/mol. The van der Waals surface area contributed by atoms with E-state index in [1.54, 1.807) is 0 Å². The van der Waals surface area contributed by atoms with Crippen molar-refractivity contribution in [1.82, 2.24) is 0 Å². The Morgan fingerprint density at radius 2 is 2.00 bits per heavy atom. The number of aliphatic imine (C=N–C) groups is 1. The van der Waals surface area contributed by atoms with E-state index in [9.17, 15) is 0 Å². The van der Waals surface area contributed by atoms with Crippen molar-refractivity contribution in [2.45, 2.75) is 19.8 Å². The number of fused-ring (bicyclic) bond motifs is 2. The number of aryl methyl sites for hydroxylation is 1. The van der Waals surface area contributed by atoms with Crippen molar-refractivity contribution in [3.05, 3.63) is 45.1 Å². The summed E-state index contributed by atoms with van der Waals surface area (Å²) in [4.78, 5) is 7.44. The maximum atomic E-state index is 5.49. The van der Waals surface area contributed by atoms with E-state index in [0.29, 0.717) is 6.79 Å². The molecule has 0 saturated carbocycles. The van der Waals surface area contributed by atoms with Crippen molar-refractivity contribution < 1.29 is 9.47 Å². The third kappa shape index (κ3) is 2.65. The van der Waals surface area contributed by atoms with Gasteiger partial charge in [-0.2, -0.15) is 0 Å². The minimum Gasteiger partial charge on any atom is -0.454 e. The lowest BCUT2D eigenvalue weighted by atomic mass is 9.95. The lowest BCUT2D eigenvalue weighted by Crippen LogP contribution is -2.14. The molecule has 2 aromatic rings. The Balaban J connectivity index is 0.00000132. The number of ether oxygens (including phenoxy) is 2. The fourth-order valence-corrected chi connectivity index (χ4v) is 3.65. The predicted molar refractivity (Wildman–Crippen MR) is 87.7 cm³/mol. The van der Waals surface area contributed by atoms with Crippen LogP contribution >= 0.6 is 23.7 Å². The molecule has 1 aromatic carbocycles. The largest absolute Gasteiger partial charge is 0.454 e. The molecule has 0 bridgehead atoms. The number of rotatable bonds is 2. The van der Waals surface area contributed by atoms with E-state index in [0.717, 1.165) is 30.9 Å². The second kappa shape index (κ2) is 5.70. The minimum absolute atomic E-state index is 0. The van der Waals surface area contributed by atoms with Crippen LogP contribution in [0.5, 0.6) is 11.5 Å². The van der Waals surface area contributed by atoms with Gasteiger partial charge in [0.1, 0.15) is 0 Å². The van der Waals surface area contributed by atoms with E-state index in [4.69, 9.17) is 14.5 Å². The fourth-order valence-electron chi connectivity index (χ4n) is 2.75. The van der Waals surface area contributed by atoms with Crippen LogP contribution in [0.25, 0.3) is 0 Å². The van der Waals surface area contributed by atoms with Gasteiger partial charge < -0.3 is 9.47 Å². The zero-order valence-electron chi connectivity index (χ0n) is 11.7. The summed E-state index contributed by atoms with van der Waals surface area (Å²) in [5, 5.41) is 0. The van der Waals surface area contributed by atoms with Crippen molar-refractivity contribution in [3.63, 3.8) is 0 Å². The standard InChI is InChI=1S/C16H15NO2S.ClH/c1-10-2-3-12(20-10)7-14-13-8-16-15(18-9-19-16)6-11(13)4-5-17-14;/h2-3,6,8H,4-5,7,9H2,1H3;1H. The van der Waals surface area contributed by atoms with Crippen LogP contribution in [-0.4, -0.2) is 19.0 Å². The molecule has 0 aliphatic carbocycles. The molecular formula is C16H16ClNO2S. The van der Waals surface area contributed by atoms with Gasteiger partial charge in [-0.3, -0.25) is 4.99 Å². The smallest absolute Gasteiger partial charge is 0.231 e. The summed E-state index contributed by atoms with van der Waals surface area (Å²) in [5.41, 5.74) is 3.73. The zero-order chi connectivity index (χ0) is 13.5. The Morgan fingerprint density at radius 3 is 2.76 bits per heavy atom. The summed E-state index contributed by atoms with van der Waals surface area (Å²) in [6.45, 7) is 3.34. The number of nitrogens with zero attached hydrogens (tertiary/aromatic N) is 1. The van der Waals surface area contributed by atoms with Gasteiger partial charge in [-0.25, -0.2) is 0 Å². The van der Waals surface area contributed by atoms with E-state index in [2.05, 4.69) is 31.2 Å². The van der Waals surface area contributed by atoms with E-state index in [1.165, 1.54) is 26.6 Å². The van der Waals surface area contributed by atoms with E-state index in [1.807, 2.05) is 11.3 Å². The second-order valence-electron chi connectivity index (χ2n) is 5.13. The van der Waals surface area contributed by atoms with E-state index < -0.39 is 0 Å². The molecule has 3 heterocycles. The number of hydrogen-bond donors (Lipinski definition) is 0. The Hall–Kier alpha value is -1.52. The van der Waals surface area contributed by atoms with Crippen LogP contribution in [0, 0.1) is 6.92 Å². The van der Waals surface area contributed by atoms with Crippen LogP contribution in [-0.2, 0) is 12.8 Å². The molecule has 0 N–H and O–H groups in total. The molecule has 0 fully saturated rings. The molecule has 0 saturated heterocycles. The summed E-state index contributed by atoms with van der Waals surface area (Å²) >= 11 is 1.84. The number of benzene rings is 1. The third-order valence-electron chi connectivity index (χ3n) is 3.73. The van der Waals surface area contributed by atoms with Crippen molar-refractivity contribution in [1.29, 1.82) is 0 Å². The quantitative estimate of drug-likeness (QED) is 0.842. The average molecular weight is 322 g/mol. The van der Waals surface area contributed by atoms with Gasteiger partial charge in [-0.15, -0.1) is 23.7 Å². The Morgan fingerprint density at radius 1 is 1.19 bits per heavy atom. The van der Waals surface area contributed by atoms with E-state index in [-0.39, 0.29) is 12.4 Å². The highest BCUT2D eigenvalue weighted by molar-refractivity contribution is 7.12. The lowest BCUT2D eigenvalue weighted by molar-refractivity contribution is 0.174. The van der Waals surface area contributed by atoms with Crippen molar-refractivity contribution in [2.24, 2.45) is 4.99 Å². The van der Waals surface area contributed by atoms with Crippen molar-refractivity contribution >= 4 is 29.5 Å². The van der Waals surface area contributed by atoms with Gasteiger partial charge >= 0.3 is 0 Å². The monoisotopic (exact) mass is 321 g/mol. The summed E-state index contributed by atoms with van der Waals surface area (Å²) < 4.78 is 11.0. The predicted octanol–water partition coefficient (Wildman–Crippen LogP) is 3.79. The normalized spacial score (nSPS) is 15.2. The number of halogens is 1. The van der Waals surface area contributed by atoms with Crippen LogP contribution < -0.4 is 9.47 Å². The molecule has 3 nitrogen and oxygen atoms in total. The van der Waals surface area contributed by atoms with Gasteiger partial charge in [0.05, 0.1) is 0 Å². The number of thiophene rings is 1. The second-order valence-corrected chi connectivity index (χ2v) is 6.50. The molecule has 2 aliphatic rings. The van der Waals surface area contributed by atoms with Gasteiger partial charge in [0.15, 0.2) is 11.5 Å². The average Bonchev–Trinajstić information content (AvgIpc) is 3.05. The zero-order valence-corrected chi connectivity index (χ0v) is 13.4.